The first kappa shape index (κ1) is 9.12. The Morgan fingerprint density at radius 1 is 1.73 bits per heavy atom. The molecule has 11 heavy (non-hydrogen) atoms. The van der Waals surface area contributed by atoms with Crippen LogP contribution in [0.5, 0.6) is 0 Å². The highest BCUT2D eigenvalue weighted by Crippen LogP contribution is 2.08. The van der Waals surface area contributed by atoms with Crippen LogP contribution in [0.2, 0.25) is 0 Å². The molecule has 2 unspecified atom stereocenters. The van der Waals surface area contributed by atoms with Crippen molar-refractivity contribution < 1.29 is 18.2 Å². The van der Waals surface area contributed by atoms with Gasteiger partial charge in [-0.1, -0.05) is 0 Å². The lowest BCUT2D eigenvalue weighted by Gasteiger charge is -1.98. The summed E-state index contributed by atoms with van der Waals surface area (Å²) in [4.78, 5) is 0. The topological polar surface area (TPSA) is 59.1 Å². The second-order valence-corrected chi connectivity index (χ2v) is 3.46. The van der Waals surface area contributed by atoms with E-state index in [1.54, 1.807) is 0 Å². The number of epoxide rings is 1. The van der Waals surface area contributed by atoms with Crippen LogP contribution in [-0.4, -0.2) is 40.4 Å². The molecule has 0 aromatic heterocycles. The Kier molecular flexibility index (Phi) is 3.99. The maximum atomic E-state index is 10.1. The summed E-state index contributed by atoms with van der Waals surface area (Å²) in [6, 6.07) is 0. The standard InChI is InChI=1S/C6H12O4S/c7-11(8)3-1-2-9-4-6-5-10-6/h6H,1-5H2,(H,7,8). The third-order valence-electron chi connectivity index (χ3n) is 1.31. The van der Waals surface area contributed by atoms with Crippen LogP contribution in [0.3, 0.4) is 0 Å². The fourth-order valence-corrected chi connectivity index (χ4v) is 1.03. The van der Waals surface area contributed by atoms with Crippen LogP contribution < -0.4 is 0 Å². The van der Waals surface area contributed by atoms with E-state index in [0.29, 0.717) is 25.4 Å². The molecular formula is C6H12O4S. The lowest BCUT2D eigenvalue weighted by atomic mass is 10.5. The summed E-state index contributed by atoms with van der Waals surface area (Å²) in [5, 5.41) is 0. The molecule has 0 spiro atoms. The Morgan fingerprint density at radius 3 is 3.00 bits per heavy atom. The van der Waals surface area contributed by atoms with Crippen LogP contribution in [0.25, 0.3) is 0 Å². The Bertz CT molecular complexity index is 135. The molecule has 1 N–H and O–H groups in total. The van der Waals surface area contributed by atoms with Gasteiger partial charge >= 0.3 is 0 Å². The Labute approximate surface area is 68.2 Å². The molecule has 0 amide bonds. The van der Waals surface area contributed by atoms with Gasteiger partial charge in [0.1, 0.15) is 6.10 Å². The zero-order valence-corrected chi connectivity index (χ0v) is 7.01. The molecular weight excluding hydrogens is 168 g/mol. The summed E-state index contributed by atoms with van der Waals surface area (Å²) in [5.41, 5.74) is 0. The van der Waals surface area contributed by atoms with E-state index in [4.69, 9.17) is 14.0 Å². The molecule has 4 nitrogen and oxygen atoms in total. The lowest BCUT2D eigenvalue weighted by molar-refractivity contribution is 0.117. The minimum absolute atomic E-state index is 0.287. The fraction of sp³-hybridized carbons (Fsp3) is 1.00. The molecule has 0 aliphatic carbocycles. The average molecular weight is 180 g/mol. The molecule has 0 radical (unpaired) electrons. The van der Waals surface area contributed by atoms with Gasteiger partial charge in [-0.05, 0) is 6.42 Å². The summed E-state index contributed by atoms with van der Waals surface area (Å²) in [5.74, 6) is 0.297. The van der Waals surface area contributed by atoms with Gasteiger partial charge in [0.05, 0.1) is 19.0 Å². The molecule has 0 aromatic carbocycles. The molecule has 66 valence electrons. The highest BCUT2D eigenvalue weighted by Gasteiger charge is 2.21. The van der Waals surface area contributed by atoms with Crippen molar-refractivity contribution in [3.63, 3.8) is 0 Å². The van der Waals surface area contributed by atoms with Gasteiger partial charge < -0.3 is 14.0 Å². The Morgan fingerprint density at radius 2 is 2.45 bits per heavy atom. The van der Waals surface area contributed by atoms with Crippen molar-refractivity contribution in [2.75, 3.05) is 25.6 Å². The van der Waals surface area contributed by atoms with Gasteiger partial charge in [-0.3, -0.25) is 0 Å². The zero-order valence-electron chi connectivity index (χ0n) is 6.19. The van der Waals surface area contributed by atoms with E-state index in [1.807, 2.05) is 0 Å². The molecule has 1 rings (SSSR count). The third kappa shape index (κ3) is 5.32. The van der Waals surface area contributed by atoms with E-state index in [0.717, 1.165) is 6.61 Å². The number of ether oxygens (including phenoxy) is 2. The zero-order chi connectivity index (χ0) is 8.10. The van der Waals surface area contributed by atoms with Crippen molar-refractivity contribution >= 4 is 11.1 Å². The summed E-state index contributed by atoms with van der Waals surface area (Å²) in [6.45, 7) is 1.97. The maximum Gasteiger partial charge on any atom is 0.152 e. The minimum atomic E-state index is -1.68. The molecule has 1 saturated heterocycles. The second-order valence-electron chi connectivity index (χ2n) is 2.41. The third-order valence-corrected chi connectivity index (χ3v) is 1.95. The minimum Gasteiger partial charge on any atom is -0.379 e. The van der Waals surface area contributed by atoms with E-state index in [9.17, 15) is 4.21 Å². The summed E-state index contributed by atoms with van der Waals surface area (Å²) < 4.78 is 28.5. The van der Waals surface area contributed by atoms with Gasteiger partial charge in [-0.2, -0.15) is 0 Å². The largest absolute Gasteiger partial charge is 0.379 e. The van der Waals surface area contributed by atoms with Crippen LogP contribution in [0.4, 0.5) is 0 Å². The van der Waals surface area contributed by atoms with Crippen LogP contribution in [0, 0.1) is 0 Å². The molecule has 5 heteroatoms. The van der Waals surface area contributed by atoms with Crippen molar-refractivity contribution in [1.29, 1.82) is 0 Å². The van der Waals surface area contributed by atoms with Gasteiger partial charge in [0, 0.05) is 6.61 Å². The predicted octanol–water partition coefficient (Wildman–Crippen LogP) is 0.0136. The van der Waals surface area contributed by atoms with E-state index in [2.05, 4.69) is 0 Å². The van der Waals surface area contributed by atoms with Crippen LogP contribution in [0.1, 0.15) is 6.42 Å². The van der Waals surface area contributed by atoms with E-state index in [1.165, 1.54) is 0 Å². The van der Waals surface area contributed by atoms with Crippen LogP contribution >= 0.6 is 0 Å². The highest BCUT2D eigenvalue weighted by molar-refractivity contribution is 7.79. The van der Waals surface area contributed by atoms with Crippen molar-refractivity contribution in [1.82, 2.24) is 0 Å². The molecule has 2 atom stereocenters. The number of hydrogen-bond acceptors (Lipinski definition) is 3. The molecule has 1 aliphatic heterocycles. The van der Waals surface area contributed by atoms with Crippen LogP contribution in [-0.2, 0) is 20.6 Å². The maximum absolute atomic E-state index is 10.1. The van der Waals surface area contributed by atoms with Gasteiger partial charge in [-0.25, -0.2) is 4.21 Å². The molecule has 0 bridgehead atoms. The Hall–Kier alpha value is 0.0300. The smallest absolute Gasteiger partial charge is 0.152 e. The SMILES string of the molecule is O=S(O)CCCOCC1CO1. The number of hydrogen-bond donors (Lipinski definition) is 1. The van der Waals surface area contributed by atoms with Gasteiger partial charge in [-0.15, -0.1) is 0 Å². The first-order valence-electron chi connectivity index (χ1n) is 3.56. The van der Waals surface area contributed by atoms with Gasteiger partial charge in [0.2, 0.25) is 0 Å². The molecule has 1 aliphatic rings. The van der Waals surface area contributed by atoms with Crippen molar-refractivity contribution in [3.05, 3.63) is 0 Å². The summed E-state index contributed by atoms with van der Waals surface area (Å²) in [7, 11) is 0. The van der Waals surface area contributed by atoms with Crippen molar-refractivity contribution in [2.45, 2.75) is 12.5 Å². The molecule has 1 heterocycles. The quantitative estimate of drug-likeness (QED) is 0.355. The predicted molar refractivity (Wildman–Crippen MR) is 40.8 cm³/mol. The first-order valence-corrected chi connectivity index (χ1v) is 4.83. The first-order chi connectivity index (χ1) is 5.29. The normalized spacial score (nSPS) is 25.0. The molecule has 0 aromatic rings. The highest BCUT2D eigenvalue weighted by atomic mass is 32.2. The van der Waals surface area contributed by atoms with Gasteiger partial charge in [0.15, 0.2) is 11.1 Å². The van der Waals surface area contributed by atoms with E-state index < -0.39 is 11.1 Å². The average Bonchev–Trinajstić information content (AvgIpc) is 2.70. The summed E-state index contributed by atoms with van der Waals surface area (Å²) >= 11 is -1.68. The fourth-order valence-electron chi connectivity index (χ4n) is 0.664. The lowest BCUT2D eigenvalue weighted by Crippen LogP contribution is -2.05. The Balaban J connectivity index is 1.76. The monoisotopic (exact) mass is 180 g/mol. The number of rotatable bonds is 6. The molecule has 0 saturated carbocycles. The summed E-state index contributed by atoms with van der Waals surface area (Å²) in [6.07, 6.45) is 0.921. The molecule has 1 fully saturated rings. The van der Waals surface area contributed by atoms with Gasteiger partial charge in [0.25, 0.3) is 0 Å². The van der Waals surface area contributed by atoms with E-state index in [-0.39, 0.29) is 6.10 Å². The van der Waals surface area contributed by atoms with Crippen LogP contribution in [0.15, 0.2) is 0 Å². The van der Waals surface area contributed by atoms with Crippen molar-refractivity contribution in [2.24, 2.45) is 0 Å². The van der Waals surface area contributed by atoms with Crippen molar-refractivity contribution in [3.8, 4) is 0 Å². The van der Waals surface area contributed by atoms with E-state index >= 15 is 0 Å². The second kappa shape index (κ2) is 4.82.